The van der Waals surface area contributed by atoms with Gasteiger partial charge >= 0.3 is 0 Å². The molecule has 0 N–H and O–H groups in total. The molecule has 0 aromatic heterocycles. The van der Waals surface area contributed by atoms with E-state index in [1.165, 1.54) is 5.57 Å². The average Bonchev–Trinajstić information content (AvgIpc) is 1.97. The molecule has 0 rings (SSSR count). The lowest BCUT2D eigenvalue weighted by atomic mass is 10.0. The molecule has 0 radical (unpaired) electrons. The van der Waals surface area contributed by atoms with E-state index in [1.54, 1.807) is 0 Å². The highest BCUT2D eigenvalue weighted by molar-refractivity contribution is 5.20. The first-order valence-electron chi connectivity index (χ1n) is 4.15. The van der Waals surface area contributed by atoms with Gasteiger partial charge in [-0.25, -0.2) is 0 Å². The summed E-state index contributed by atoms with van der Waals surface area (Å²) >= 11 is 0. The summed E-state index contributed by atoms with van der Waals surface area (Å²) in [5, 5.41) is 0. The van der Waals surface area contributed by atoms with Crippen LogP contribution in [0.2, 0.25) is 0 Å². The van der Waals surface area contributed by atoms with E-state index in [0.29, 0.717) is 0 Å². The van der Waals surface area contributed by atoms with Crippen LogP contribution in [0.1, 0.15) is 27.2 Å². The largest absolute Gasteiger partial charge is 0.0991 e. The van der Waals surface area contributed by atoms with Crippen LogP contribution in [-0.4, -0.2) is 0 Å². The van der Waals surface area contributed by atoms with Gasteiger partial charge in [-0.1, -0.05) is 50.3 Å². The Morgan fingerprint density at radius 2 is 2.09 bits per heavy atom. The van der Waals surface area contributed by atoms with Crippen LogP contribution < -0.4 is 0 Å². The summed E-state index contributed by atoms with van der Waals surface area (Å²) in [5.74, 6) is 0.732. The summed E-state index contributed by atoms with van der Waals surface area (Å²) in [4.78, 5) is 0. The predicted molar refractivity (Wildman–Crippen MR) is 52.5 cm³/mol. The Morgan fingerprint density at radius 3 is 2.45 bits per heavy atom. The molecule has 0 aromatic carbocycles. The van der Waals surface area contributed by atoms with Crippen LogP contribution in [0.5, 0.6) is 0 Å². The van der Waals surface area contributed by atoms with Crippen molar-refractivity contribution in [2.24, 2.45) is 5.92 Å². The van der Waals surface area contributed by atoms with Gasteiger partial charge in [0, 0.05) is 0 Å². The first-order chi connectivity index (χ1) is 5.20. The van der Waals surface area contributed by atoms with Crippen LogP contribution in [0, 0.1) is 5.92 Å². The van der Waals surface area contributed by atoms with Gasteiger partial charge in [0.05, 0.1) is 0 Å². The minimum absolute atomic E-state index is 0.732. The van der Waals surface area contributed by atoms with Crippen molar-refractivity contribution in [1.82, 2.24) is 0 Å². The van der Waals surface area contributed by atoms with Crippen molar-refractivity contribution < 1.29 is 0 Å². The number of hydrogen-bond donors (Lipinski definition) is 0. The van der Waals surface area contributed by atoms with Crippen molar-refractivity contribution in [3.05, 3.63) is 36.5 Å². The summed E-state index contributed by atoms with van der Waals surface area (Å²) in [6, 6.07) is 0. The standard InChI is InChI=1S/C11H18/c1-5-7-8-11(6-2)9-10(3)4/h5-8,10H,1,9H2,2-4H3/b8-7-,11-6+. The maximum atomic E-state index is 3.63. The van der Waals surface area contributed by atoms with Gasteiger partial charge < -0.3 is 0 Å². The minimum Gasteiger partial charge on any atom is -0.0991 e. The Balaban J connectivity index is 3.98. The van der Waals surface area contributed by atoms with E-state index < -0.39 is 0 Å². The lowest BCUT2D eigenvalue weighted by Gasteiger charge is -2.03. The van der Waals surface area contributed by atoms with Crippen molar-refractivity contribution in [2.75, 3.05) is 0 Å². The highest BCUT2D eigenvalue weighted by Gasteiger charge is 1.94. The molecule has 0 bridgehead atoms. The second-order valence-electron chi connectivity index (χ2n) is 3.06. The summed E-state index contributed by atoms with van der Waals surface area (Å²) in [5.41, 5.74) is 1.39. The molecule has 0 aliphatic carbocycles. The van der Waals surface area contributed by atoms with Crippen molar-refractivity contribution in [1.29, 1.82) is 0 Å². The van der Waals surface area contributed by atoms with Gasteiger partial charge in [-0.05, 0) is 19.3 Å². The molecule has 0 aromatic rings. The van der Waals surface area contributed by atoms with Gasteiger partial charge in [0.15, 0.2) is 0 Å². The monoisotopic (exact) mass is 150 g/mol. The Labute approximate surface area is 70.3 Å². The minimum atomic E-state index is 0.732. The fourth-order valence-corrected chi connectivity index (χ4v) is 0.945. The van der Waals surface area contributed by atoms with Crippen molar-refractivity contribution in [2.45, 2.75) is 27.2 Å². The summed E-state index contributed by atoms with van der Waals surface area (Å²) in [6.45, 7) is 10.2. The van der Waals surface area contributed by atoms with Crippen LogP contribution >= 0.6 is 0 Å². The average molecular weight is 150 g/mol. The third kappa shape index (κ3) is 5.65. The van der Waals surface area contributed by atoms with Crippen LogP contribution in [-0.2, 0) is 0 Å². The fraction of sp³-hybridized carbons (Fsp3) is 0.455. The molecule has 0 saturated heterocycles. The Hall–Kier alpha value is -0.780. The van der Waals surface area contributed by atoms with Crippen molar-refractivity contribution >= 4 is 0 Å². The molecule has 62 valence electrons. The van der Waals surface area contributed by atoms with Gasteiger partial charge in [-0.15, -0.1) is 0 Å². The van der Waals surface area contributed by atoms with E-state index in [1.807, 2.05) is 12.2 Å². The van der Waals surface area contributed by atoms with Crippen molar-refractivity contribution in [3.8, 4) is 0 Å². The van der Waals surface area contributed by atoms with E-state index in [2.05, 4.69) is 39.5 Å². The highest BCUT2D eigenvalue weighted by Crippen LogP contribution is 2.11. The Morgan fingerprint density at radius 1 is 1.45 bits per heavy atom. The number of hydrogen-bond acceptors (Lipinski definition) is 0. The second kappa shape index (κ2) is 5.96. The van der Waals surface area contributed by atoms with E-state index in [9.17, 15) is 0 Å². The molecule has 0 aliphatic heterocycles. The summed E-state index contributed by atoms with van der Waals surface area (Å²) in [6.07, 6.45) is 9.22. The van der Waals surface area contributed by atoms with Crippen LogP contribution in [0.25, 0.3) is 0 Å². The molecule has 11 heavy (non-hydrogen) atoms. The molecule has 0 unspecified atom stereocenters. The molecule has 0 saturated carbocycles. The first-order valence-corrected chi connectivity index (χ1v) is 4.15. The Kier molecular flexibility index (Phi) is 5.54. The molecular weight excluding hydrogens is 132 g/mol. The smallest absolute Gasteiger partial charge is 0.0259 e. The Bertz CT molecular complexity index is 159. The predicted octanol–water partition coefficient (Wildman–Crippen LogP) is 3.72. The maximum absolute atomic E-state index is 3.63. The topological polar surface area (TPSA) is 0 Å². The zero-order chi connectivity index (χ0) is 8.69. The SMILES string of the molecule is C=C/C=C\C(=C/C)CC(C)C. The molecule has 0 amide bonds. The van der Waals surface area contributed by atoms with E-state index in [4.69, 9.17) is 0 Å². The molecule has 0 atom stereocenters. The maximum Gasteiger partial charge on any atom is -0.0259 e. The van der Waals surface area contributed by atoms with Crippen molar-refractivity contribution in [3.63, 3.8) is 0 Å². The summed E-state index contributed by atoms with van der Waals surface area (Å²) in [7, 11) is 0. The lowest BCUT2D eigenvalue weighted by Crippen LogP contribution is -1.88. The highest BCUT2D eigenvalue weighted by atomic mass is 14.0. The molecule has 0 heterocycles. The molecule has 0 spiro atoms. The molecular formula is C11H18. The van der Waals surface area contributed by atoms with E-state index >= 15 is 0 Å². The van der Waals surface area contributed by atoms with Crippen LogP contribution in [0.15, 0.2) is 36.5 Å². The molecule has 0 nitrogen and oxygen atoms in total. The third-order valence-corrected chi connectivity index (χ3v) is 1.46. The lowest BCUT2D eigenvalue weighted by molar-refractivity contribution is 0.649. The van der Waals surface area contributed by atoms with Gasteiger partial charge in [0.2, 0.25) is 0 Å². The number of rotatable bonds is 4. The zero-order valence-corrected chi connectivity index (χ0v) is 7.80. The molecule has 0 aliphatic rings. The normalized spacial score (nSPS) is 12.9. The first kappa shape index (κ1) is 10.2. The van der Waals surface area contributed by atoms with E-state index in [0.717, 1.165) is 12.3 Å². The van der Waals surface area contributed by atoms with Gasteiger partial charge in [0.25, 0.3) is 0 Å². The van der Waals surface area contributed by atoms with Gasteiger partial charge in [0.1, 0.15) is 0 Å². The third-order valence-electron chi connectivity index (χ3n) is 1.46. The zero-order valence-electron chi connectivity index (χ0n) is 7.80. The van der Waals surface area contributed by atoms with Crippen LogP contribution in [0.4, 0.5) is 0 Å². The van der Waals surface area contributed by atoms with Crippen LogP contribution in [0.3, 0.4) is 0 Å². The fourth-order valence-electron chi connectivity index (χ4n) is 0.945. The molecule has 0 heteroatoms. The van der Waals surface area contributed by atoms with Gasteiger partial charge in [-0.2, -0.15) is 0 Å². The molecule has 0 fully saturated rings. The van der Waals surface area contributed by atoms with E-state index in [-0.39, 0.29) is 0 Å². The number of allylic oxidation sites excluding steroid dienone is 5. The quantitative estimate of drug-likeness (QED) is 0.536. The summed E-state index contributed by atoms with van der Waals surface area (Å²) < 4.78 is 0. The second-order valence-corrected chi connectivity index (χ2v) is 3.06. The van der Waals surface area contributed by atoms with Gasteiger partial charge in [-0.3, -0.25) is 0 Å².